The minimum absolute atomic E-state index is 1.09. The van der Waals surface area contributed by atoms with Crippen LogP contribution in [0.2, 0.25) is 13.1 Å². The first kappa shape index (κ1) is 16.1. The van der Waals surface area contributed by atoms with Crippen molar-refractivity contribution in [1.82, 2.24) is 0 Å². The Morgan fingerprint density at radius 1 is 0.667 bits per heavy atom. The molecule has 2 aromatic carbocycles. The van der Waals surface area contributed by atoms with E-state index in [1.807, 2.05) is 49.5 Å². The van der Waals surface area contributed by atoms with Crippen molar-refractivity contribution in [2.45, 2.75) is 13.1 Å². The third kappa shape index (κ3) is 3.50. The van der Waals surface area contributed by atoms with Crippen molar-refractivity contribution in [1.29, 1.82) is 0 Å². The highest BCUT2D eigenvalue weighted by Gasteiger charge is 2.46. The van der Waals surface area contributed by atoms with Crippen molar-refractivity contribution in [2.24, 2.45) is 0 Å². The number of benzene rings is 2. The van der Waals surface area contributed by atoms with E-state index < -0.39 is 17.1 Å². The highest BCUT2D eigenvalue weighted by atomic mass is 28.5. The van der Waals surface area contributed by atoms with Crippen LogP contribution in [0.5, 0.6) is 0 Å². The molecule has 112 valence electrons. The minimum Gasteiger partial charge on any atom is -0.408 e. The van der Waals surface area contributed by atoms with E-state index in [0.29, 0.717) is 0 Å². The third-order valence-corrected chi connectivity index (χ3v) is 10.3. The molecule has 0 fully saturated rings. The van der Waals surface area contributed by atoms with E-state index in [-0.39, 0.29) is 0 Å². The van der Waals surface area contributed by atoms with Crippen molar-refractivity contribution in [2.75, 3.05) is 14.2 Å². The molecule has 0 saturated carbocycles. The normalized spacial score (nSPS) is 12.4. The summed E-state index contributed by atoms with van der Waals surface area (Å²) in [5.74, 6) is 0. The van der Waals surface area contributed by atoms with Crippen LogP contribution < -0.4 is 10.4 Å². The van der Waals surface area contributed by atoms with Crippen LogP contribution in [0.1, 0.15) is 0 Å². The number of hydrogen-bond donors (Lipinski definition) is 0. The first-order valence-electron chi connectivity index (χ1n) is 6.95. The van der Waals surface area contributed by atoms with Crippen molar-refractivity contribution < 1.29 is 13.0 Å². The Balaban J connectivity index is 2.57. The van der Waals surface area contributed by atoms with Gasteiger partial charge in [-0.15, -0.1) is 0 Å². The standard InChI is InChI=1S/C16H22O3Si2/c1-17-20(3,4)19-21(18-2,15-11-7-5-8-12-15)16-13-9-6-10-14-16/h5-14H,1-4H3. The van der Waals surface area contributed by atoms with Gasteiger partial charge in [-0.2, -0.15) is 0 Å². The molecule has 0 radical (unpaired) electrons. The lowest BCUT2D eigenvalue weighted by Gasteiger charge is -2.36. The summed E-state index contributed by atoms with van der Waals surface area (Å²) >= 11 is 0. The maximum atomic E-state index is 6.53. The van der Waals surface area contributed by atoms with Gasteiger partial charge in [-0.3, -0.25) is 0 Å². The molecule has 3 nitrogen and oxygen atoms in total. The van der Waals surface area contributed by atoms with Gasteiger partial charge in [0.2, 0.25) is 0 Å². The van der Waals surface area contributed by atoms with Gasteiger partial charge in [0, 0.05) is 14.2 Å². The smallest absolute Gasteiger partial charge is 0.398 e. The molecule has 5 heteroatoms. The Bertz CT molecular complexity index is 519. The topological polar surface area (TPSA) is 27.7 Å². The molecule has 0 N–H and O–H groups in total. The predicted molar refractivity (Wildman–Crippen MR) is 90.5 cm³/mol. The van der Waals surface area contributed by atoms with E-state index in [1.165, 1.54) is 0 Å². The zero-order valence-electron chi connectivity index (χ0n) is 13.0. The quantitative estimate of drug-likeness (QED) is 0.765. The van der Waals surface area contributed by atoms with E-state index in [1.54, 1.807) is 14.2 Å². The number of hydrogen-bond acceptors (Lipinski definition) is 3. The first-order chi connectivity index (χ1) is 10.0. The summed E-state index contributed by atoms with van der Waals surface area (Å²) in [6.45, 7) is 4.08. The van der Waals surface area contributed by atoms with Crippen molar-refractivity contribution >= 4 is 27.5 Å². The van der Waals surface area contributed by atoms with Crippen molar-refractivity contribution in [3.63, 3.8) is 0 Å². The summed E-state index contributed by atoms with van der Waals surface area (Å²) in [6.07, 6.45) is 0. The van der Waals surface area contributed by atoms with E-state index in [0.717, 1.165) is 10.4 Å². The zero-order valence-corrected chi connectivity index (χ0v) is 15.0. The van der Waals surface area contributed by atoms with Crippen LogP contribution in [0.25, 0.3) is 0 Å². The molecule has 0 aliphatic carbocycles. The van der Waals surface area contributed by atoms with Crippen LogP contribution in [0.4, 0.5) is 0 Å². The molecular formula is C16H22O3Si2. The second-order valence-electron chi connectivity index (χ2n) is 5.26. The molecule has 0 aliphatic heterocycles. The minimum atomic E-state index is -2.74. The summed E-state index contributed by atoms with van der Waals surface area (Å²) in [5, 5.41) is 2.19. The van der Waals surface area contributed by atoms with E-state index in [4.69, 9.17) is 13.0 Å². The summed E-state index contributed by atoms with van der Waals surface area (Å²) in [5.41, 5.74) is 0. The van der Waals surface area contributed by atoms with Gasteiger partial charge < -0.3 is 13.0 Å². The Hall–Kier alpha value is -1.25. The molecule has 2 aromatic rings. The van der Waals surface area contributed by atoms with Crippen LogP contribution in [0.3, 0.4) is 0 Å². The molecule has 0 unspecified atom stereocenters. The van der Waals surface area contributed by atoms with Crippen LogP contribution in [-0.4, -0.2) is 31.3 Å². The van der Waals surface area contributed by atoms with Gasteiger partial charge in [0.05, 0.1) is 0 Å². The Kier molecular flexibility index (Phi) is 5.13. The van der Waals surface area contributed by atoms with Gasteiger partial charge in [0.15, 0.2) is 0 Å². The van der Waals surface area contributed by atoms with Gasteiger partial charge in [0.1, 0.15) is 0 Å². The molecule has 0 atom stereocenters. The fraction of sp³-hybridized carbons (Fsp3) is 0.250. The molecule has 0 aromatic heterocycles. The number of rotatable bonds is 6. The van der Waals surface area contributed by atoms with Gasteiger partial charge in [0.25, 0.3) is 0 Å². The average molecular weight is 319 g/mol. The van der Waals surface area contributed by atoms with Gasteiger partial charge >= 0.3 is 17.1 Å². The highest BCUT2D eigenvalue weighted by Crippen LogP contribution is 2.16. The van der Waals surface area contributed by atoms with Crippen LogP contribution in [-0.2, 0) is 13.0 Å². The van der Waals surface area contributed by atoms with Crippen LogP contribution in [0, 0.1) is 0 Å². The van der Waals surface area contributed by atoms with E-state index in [9.17, 15) is 0 Å². The van der Waals surface area contributed by atoms with Gasteiger partial charge in [-0.1, -0.05) is 60.7 Å². The largest absolute Gasteiger partial charge is 0.408 e. The maximum Gasteiger partial charge on any atom is 0.398 e. The average Bonchev–Trinajstić information content (AvgIpc) is 2.54. The molecule has 0 amide bonds. The predicted octanol–water partition coefficient (Wildman–Crippen LogP) is 2.25. The SMILES string of the molecule is CO[Si](C)(C)O[Si](OC)(c1ccccc1)c1ccccc1. The monoisotopic (exact) mass is 318 g/mol. The Labute approximate surface area is 129 Å². The van der Waals surface area contributed by atoms with Crippen molar-refractivity contribution in [3.8, 4) is 0 Å². The second-order valence-corrected chi connectivity index (χ2v) is 12.1. The fourth-order valence-corrected chi connectivity index (χ4v) is 8.71. The molecule has 0 aliphatic rings. The lowest BCUT2D eigenvalue weighted by atomic mass is 10.4. The summed E-state index contributed by atoms with van der Waals surface area (Å²) in [7, 11) is -1.57. The van der Waals surface area contributed by atoms with Crippen molar-refractivity contribution in [3.05, 3.63) is 60.7 Å². The van der Waals surface area contributed by atoms with Crippen LogP contribution >= 0.6 is 0 Å². The van der Waals surface area contributed by atoms with Gasteiger partial charge in [-0.25, -0.2) is 0 Å². The molecule has 21 heavy (non-hydrogen) atoms. The summed E-state index contributed by atoms with van der Waals surface area (Å²) < 4.78 is 18.2. The molecule has 2 rings (SSSR count). The maximum absolute atomic E-state index is 6.53. The summed E-state index contributed by atoms with van der Waals surface area (Å²) in [6, 6.07) is 20.4. The van der Waals surface area contributed by atoms with Crippen LogP contribution in [0.15, 0.2) is 60.7 Å². The molecule has 0 bridgehead atoms. The van der Waals surface area contributed by atoms with Gasteiger partial charge in [-0.05, 0) is 23.5 Å². The second kappa shape index (κ2) is 6.68. The molecule has 0 spiro atoms. The summed E-state index contributed by atoms with van der Waals surface area (Å²) in [4.78, 5) is 0. The third-order valence-electron chi connectivity index (χ3n) is 3.48. The lowest BCUT2D eigenvalue weighted by molar-refractivity contribution is 0.261. The molecular weight excluding hydrogens is 296 g/mol. The molecule has 0 heterocycles. The lowest BCUT2D eigenvalue weighted by Crippen LogP contribution is -2.67. The zero-order chi connectivity index (χ0) is 15.3. The highest BCUT2D eigenvalue weighted by molar-refractivity contribution is 6.97. The van der Waals surface area contributed by atoms with E-state index in [2.05, 4.69) is 24.3 Å². The first-order valence-corrected chi connectivity index (χ1v) is 11.6. The Morgan fingerprint density at radius 2 is 1.10 bits per heavy atom. The Morgan fingerprint density at radius 3 is 1.43 bits per heavy atom. The fourth-order valence-electron chi connectivity index (χ4n) is 2.26. The van der Waals surface area contributed by atoms with E-state index >= 15 is 0 Å². The molecule has 0 saturated heterocycles.